The van der Waals surface area contributed by atoms with E-state index in [0.29, 0.717) is 12.8 Å². The minimum atomic E-state index is -0.403. The Morgan fingerprint density at radius 3 is 2.13 bits per heavy atom. The highest BCUT2D eigenvalue weighted by Gasteiger charge is 2.19. The molecule has 0 saturated carbocycles. The average molecular weight is 515 g/mol. The summed E-state index contributed by atoms with van der Waals surface area (Å²) < 4.78 is 5.81. The monoisotopic (exact) mass is 514 g/mol. The summed E-state index contributed by atoms with van der Waals surface area (Å²) in [6.07, 6.45) is 14.7. The maximum absolute atomic E-state index is 12.1. The summed E-state index contributed by atoms with van der Waals surface area (Å²) in [4.78, 5) is 12.1. The van der Waals surface area contributed by atoms with E-state index in [1.54, 1.807) is 6.08 Å². The summed E-state index contributed by atoms with van der Waals surface area (Å²) in [7, 11) is 0. The number of benzene rings is 3. The van der Waals surface area contributed by atoms with Crippen molar-refractivity contribution in [2.24, 2.45) is 0 Å². The van der Waals surface area contributed by atoms with Gasteiger partial charge in [0, 0.05) is 13.3 Å². The molecular weight excluding hydrogens is 476 g/mol. The Morgan fingerprint density at radius 2 is 1.51 bits per heavy atom. The van der Waals surface area contributed by atoms with Gasteiger partial charge in [0.25, 0.3) is 0 Å². The summed E-state index contributed by atoms with van der Waals surface area (Å²) in [5, 5.41) is 0. The number of esters is 1. The Kier molecular flexibility index (Phi) is 11.3. The lowest BCUT2D eigenvalue weighted by molar-refractivity contribution is -0.146. The van der Waals surface area contributed by atoms with Gasteiger partial charge in [-0.15, -0.1) is 0 Å². The number of rotatable bonds is 12. The molecule has 0 saturated heterocycles. The first kappa shape index (κ1) is 29.1. The van der Waals surface area contributed by atoms with Gasteiger partial charge in [-0.05, 0) is 64.8 Å². The van der Waals surface area contributed by atoms with Crippen molar-refractivity contribution in [2.45, 2.75) is 39.7 Å². The van der Waals surface area contributed by atoms with Crippen molar-refractivity contribution in [2.75, 3.05) is 0 Å². The molecule has 2 nitrogen and oxygen atoms in total. The van der Waals surface area contributed by atoms with Crippen LogP contribution in [0.4, 0.5) is 0 Å². The normalized spacial score (nSPS) is 13.0. The van der Waals surface area contributed by atoms with Gasteiger partial charge in [-0.3, -0.25) is 4.79 Å². The fraction of sp³-hybridized carbons (Fsp3) is 0.162. The van der Waals surface area contributed by atoms with Gasteiger partial charge < -0.3 is 4.74 Å². The fourth-order valence-corrected chi connectivity index (χ4v) is 4.31. The van der Waals surface area contributed by atoms with Gasteiger partial charge in [0.1, 0.15) is 6.10 Å². The van der Waals surface area contributed by atoms with Gasteiger partial charge in [-0.25, -0.2) is 0 Å². The van der Waals surface area contributed by atoms with Crippen LogP contribution in [0.5, 0.6) is 0 Å². The number of carbonyl (C=O) groups excluding carboxylic acids is 1. The summed E-state index contributed by atoms with van der Waals surface area (Å²) in [6, 6.07) is 27.1. The molecule has 0 bridgehead atoms. The summed E-state index contributed by atoms with van der Waals surface area (Å²) in [6.45, 7) is 13.7. The highest BCUT2D eigenvalue weighted by Crippen LogP contribution is 2.31. The van der Waals surface area contributed by atoms with Crippen LogP contribution < -0.4 is 0 Å². The molecule has 0 aliphatic carbocycles. The van der Waals surface area contributed by atoms with E-state index in [-0.39, 0.29) is 5.97 Å². The van der Waals surface area contributed by atoms with Crippen molar-refractivity contribution in [1.82, 2.24) is 0 Å². The van der Waals surface area contributed by atoms with Crippen LogP contribution in [0.15, 0.2) is 146 Å². The predicted octanol–water partition coefficient (Wildman–Crippen LogP) is 9.79. The molecule has 0 heterocycles. The molecule has 0 spiro atoms. The Balaban J connectivity index is 1.79. The molecule has 3 aromatic carbocycles. The van der Waals surface area contributed by atoms with Crippen LogP contribution in [-0.4, -0.2) is 5.97 Å². The third-order valence-corrected chi connectivity index (χ3v) is 6.47. The predicted molar refractivity (Wildman–Crippen MR) is 166 cm³/mol. The van der Waals surface area contributed by atoms with Crippen molar-refractivity contribution in [3.8, 4) is 11.1 Å². The van der Waals surface area contributed by atoms with Crippen molar-refractivity contribution in [3.63, 3.8) is 0 Å². The zero-order chi connectivity index (χ0) is 28.0. The van der Waals surface area contributed by atoms with Crippen LogP contribution in [0.25, 0.3) is 16.7 Å². The van der Waals surface area contributed by atoms with E-state index in [9.17, 15) is 4.79 Å². The Labute approximate surface area is 234 Å². The molecular formula is C37H38O2. The van der Waals surface area contributed by atoms with E-state index < -0.39 is 6.10 Å². The second-order valence-electron chi connectivity index (χ2n) is 9.46. The minimum absolute atomic E-state index is 0.301. The smallest absolute Gasteiger partial charge is 0.303 e. The highest BCUT2D eigenvalue weighted by atomic mass is 16.5. The molecule has 198 valence electrons. The zero-order valence-corrected chi connectivity index (χ0v) is 23.3. The van der Waals surface area contributed by atoms with Gasteiger partial charge >= 0.3 is 5.97 Å². The lowest BCUT2D eigenvalue weighted by atomic mass is 9.91. The molecule has 3 aromatic rings. The second kappa shape index (κ2) is 15.1. The van der Waals surface area contributed by atoms with Crippen LogP contribution in [0.3, 0.4) is 0 Å². The summed E-state index contributed by atoms with van der Waals surface area (Å²) in [5.74, 6) is -0.301. The van der Waals surface area contributed by atoms with Crippen LogP contribution in [0.2, 0.25) is 0 Å². The topological polar surface area (TPSA) is 26.3 Å². The molecule has 1 unspecified atom stereocenters. The molecule has 0 radical (unpaired) electrons. The fourth-order valence-electron chi connectivity index (χ4n) is 4.31. The van der Waals surface area contributed by atoms with Gasteiger partial charge in [0.15, 0.2) is 0 Å². The lowest BCUT2D eigenvalue weighted by Crippen LogP contribution is -2.11. The number of allylic oxidation sites excluding steroid dienone is 9. The maximum atomic E-state index is 12.1. The van der Waals surface area contributed by atoms with Gasteiger partial charge in [-0.2, -0.15) is 0 Å². The molecule has 0 N–H and O–H groups in total. The van der Waals surface area contributed by atoms with Crippen molar-refractivity contribution >= 4 is 11.5 Å². The molecule has 0 aromatic heterocycles. The second-order valence-corrected chi connectivity index (χ2v) is 9.46. The quantitative estimate of drug-likeness (QED) is 0.178. The molecule has 2 heteroatoms. The largest absolute Gasteiger partial charge is 0.457 e. The van der Waals surface area contributed by atoms with Crippen LogP contribution >= 0.6 is 0 Å². The average Bonchev–Trinajstić information content (AvgIpc) is 2.95. The van der Waals surface area contributed by atoms with E-state index in [0.717, 1.165) is 27.8 Å². The Bertz CT molecular complexity index is 1370. The van der Waals surface area contributed by atoms with Gasteiger partial charge in [0.2, 0.25) is 0 Å². The minimum Gasteiger partial charge on any atom is -0.457 e. The SMILES string of the molecule is C=C/C=C\C=C(/C)c1ccc(CC(=C)/C(=C\C=C/C)CC(OC(C)=O)c2ccc(-c3ccccc3)cc2)cc1. The van der Waals surface area contributed by atoms with Crippen LogP contribution in [-0.2, 0) is 16.0 Å². The van der Waals surface area contributed by atoms with Gasteiger partial charge in [0.05, 0.1) is 0 Å². The van der Waals surface area contributed by atoms with Gasteiger partial charge in [-0.1, -0.05) is 135 Å². The molecule has 0 aliphatic rings. The number of hydrogen-bond donors (Lipinski definition) is 0. The van der Waals surface area contributed by atoms with Crippen LogP contribution in [0.1, 0.15) is 50.0 Å². The molecule has 39 heavy (non-hydrogen) atoms. The number of hydrogen-bond acceptors (Lipinski definition) is 2. The Morgan fingerprint density at radius 1 is 0.846 bits per heavy atom. The first-order valence-corrected chi connectivity index (χ1v) is 13.3. The number of ether oxygens (including phenoxy) is 1. The summed E-state index contributed by atoms with van der Waals surface area (Å²) >= 11 is 0. The van der Waals surface area contributed by atoms with Crippen molar-refractivity contribution < 1.29 is 9.53 Å². The number of carbonyl (C=O) groups is 1. The molecule has 1 atom stereocenters. The third kappa shape index (κ3) is 9.12. The molecule has 0 aliphatic heterocycles. The van der Waals surface area contributed by atoms with Crippen molar-refractivity contribution in [1.29, 1.82) is 0 Å². The first-order valence-electron chi connectivity index (χ1n) is 13.3. The van der Waals surface area contributed by atoms with E-state index in [2.05, 4.69) is 80.8 Å². The Hall–Kier alpha value is -4.43. The molecule has 0 amide bonds. The maximum Gasteiger partial charge on any atom is 0.303 e. The lowest BCUT2D eigenvalue weighted by Gasteiger charge is -2.21. The van der Waals surface area contributed by atoms with Crippen molar-refractivity contribution in [3.05, 3.63) is 162 Å². The van der Waals surface area contributed by atoms with E-state index in [1.807, 2.05) is 61.6 Å². The molecule has 3 rings (SSSR count). The van der Waals surface area contributed by atoms with E-state index in [1.165, 1.54) is 23.6 Å². The van der Waals surface area contributed by atoms with E-state index in [4.69, 9.17) is 4.74 Å². The van der Waals surface area contributed by atoms with Crippen LogP contribution in [0, 0.1) is 0 Å². The standard InChI is InChI=1S/C37H38O2/c1-6-8-11-14-28(3)32-20-18-31(19-21-32)26-29(4)36(15-9-7-2)27-37(39-30(5)38)35-24-22-34(23-25-35)33-16-12-10-13-17-33/h6-25,37H,1,4,26-27H2,2-3,5H3/b9-7-,11-8-,28-14+,36-15-. The zero-order valence-electron chi connectivity index (χ0n) is 23.3. The third-order valence-electron chi connectivity index (χ3n) is 6.47. The van der Waals surface area contributed by atoms with E-state index >= 15 is 0 Å². The first-order chi connectivity index (χ1) is 18.9. The molecule has 0 fully saturated rings. The summed E-state index contributed by atoms with van der Waals surface area (Å²) in [5.41, 5.74) is 8.84. The highest BCUT2D eigenvalue weighted by molar-refractivity contribution is 5.67.